The van der Waals surface area contributed by atoms with E-state index in [1.54, 1.807) is 11.3 Å². The lowest BCUT2D eigenvalue weighted by Crippen LogP contribution is -1.98. The van der Waals surface area contributed by atoms with E-state index in [2.05, 4.69) is 53.6 Å². The van der Waals surface area contributed by atoms with E-state index in [9.17, 15) is 0 Å². The van der Waals surface area contributed by atoms with Crippen molar-refractivity contribution in [1.82, 2.24) is 4.98 Å². The van der Waals surface area contributed by atoms with E-state index in [4.69, 9.17) is 0 Å². The summed E-state index contributed by atoms with van der Waals surface area (Å²) >= 11 is 8.44. The molecule has 78 valence electrons. The molecule has 0 saturated carbocycles. The van der Waals surface area contributed by atoms with Crippen LogP contribution in [0.1, 0.15) is 5.56 Å². The van der Waals surface area contributed by atoms with Crippen LogP contribution in [0.25, 0.3) is 0 Å². The molecule has 1 N–H and O–H groups in total. The highest BCUT2D eigenvalue weighted by molar-refractivity contribution is 9.11. The summed E-state index contributed by atoms with van der Waals surface area (Å²) in [6, 6.07) is 6.04. The van der Waals surface area contributed by atoms with Gasteiger partial charge in [0.15, 0.2) is 0 Å². The number of hydrogen-bond donors (Lipinski definition) is 1. The summed E-state index contributed by atoms with van der Waals surface area (Å²) in [7, 11) is 0. The van der Waals surface area contributed by atoms with Crippen LogP contribution in [0.5, 0.6) is 0 Å². The highest BCUT2D eigenvalue weighted by Crippen LogP contribution is 2.21. The number of anilines is 1. The van der Waals surface area contributed by atoms with E-state index in [0.717, 1.165) is 20.6 Å². The third-order valence-corrected chi connectivity index (χ3v) is 3.87. The highest BCUT2D eigenvalue weighted by Gasteiger charge is 1.97. The van der Waals surface area contributed by atoms with Crippen molar-refractivity contribution in [2.75, 3.05) is 5.32 Å². The van der Waals surface area contributed by atoms with Crippen molar-refractivity contribution in [2.24, 2.45) is 0 Å². The van der Waals surface area contributed by atoms with E-state index in [1.807, 2.05) is 18.3 Å². The molecule has 5 heteroatoms. The molecule has 0 fully saturated rings. The van der Waals surface area contributed by atoms with Crippen LogP contribution < -0.4 is 5.32 Å². The van der Waals surface area contributed by atoms with Gasteiger partial charge in [0.05, 0.1) is 15.7 Å². The van der Waals surface area contributed by atoms with Crippen molar-refractivity contribution < 1.29 is 0 Å². The lowest BCUT2D eigenvalue weighted by atomic mass is 10.3. The molecule has 0 spiro atoms. The molecule has 0 aliphatic heterocycles. The van der Waals surface area contributed by atoms with Gasteiger partial charge in [-0.2, -0.15) is 0 Å². The molecule has 0 aliphatic carbocycles. The maximum absolute atomic E-state index is 4.14. The lowest BCUT2D eigenvalue weighted by Gasteiger charge is -2.03. The zero-order valence-corrected chi connectivity index (χ0v) is 11.7. The summed E-state index contributed by atoms with van der Waals surface area (Å²) < 4.78 is 2.01. The van der Waals surface area contributed by atoms with Crippen LogP contribution >= 0.6 is 43.2 Å². The van der Waals surface area contributed by atoms with Gasteiger partial charge in [-0.15, -0.1) is 11.3 Å². The number of aromatic nitrogens is 1. The fourth-order valence-corrected chi connectivity index (χ4v) is 2.57. The molecular weight excluding hydrogens is 340 g/mol. The number of nitrogens with one attached hydrogen (secondary N) is 1. The van der Waals surface area contributed by atoms with Crippen molar-refractivity contribution in [2.45, 2.75) is 6.54 Å². The SMILES string of the molecule is Brc1ccc(NCc2csc(Br)c2)cn1. The summed E-state index contributed by atoms with van der Waals surface area (Å²) in [6.07, 6.45) is 1.81. The predicted molar refractivity (Wildman–Crippen MR) is 71.3 cm³/mol. The van der Waals surface area contributed by atoms with Gasteiger partial charge >= 0.3 is 0 Å². The Morgan fingerprint density at radius 2 is 2.20 bits per heavy atom. The average Bonchev–Trinajstić information content (AvgIpc) is 2.64. The van der Waals surface area contributed by atoms with Crippen LogP contribution in [0.4, 0.5) is 5.69 Å². The zero-order chi connectivity index (χ0) is 10.7. The molecule has 0 unspecified atom stereocenters. The molecule has 2 heterocycles. The van der Waals surface area contributed by atoms with Crippen LogP contribution in [0.15, 0.2) is 38.2 Å². The molecule has 2 aromatic rings. The van der Waals surface area contributed by atoms with Gasteiger partial charge in [-0.05, 0) is 61.0 Å². The molecule has 0 amide bonds. The van der Waals surface area contributed by atoms with Crippen molar-refractivity contribution >= 4 is 48.9 Å². The van der Waals surface area contributed by atoms with Gasteiger partial charge in [0.2, 0.25) is 0 Å². The molecule has 0 aromatic carbocycles. The first-order valence-electron chi connectivity index (χ1n) is 4.32. The lowest BCUT2D eigenvalue weighted by molar-refractivity contribution is 1.14. The summed E-state index contributed by atoms with van der Waals surface area (Å²) in [6.45, 7) is 0.825. The summed E-state index contributed by atoms with van der Waals surface area (Å²) in [5.41, 5.74) is 2.30. The molecule has 0 aliphatic rings. The first-order chi connectivity index (χ1) is 7.24. The Bertz CT molecular complexity index is 439. The quantitative estimate of drug-likeness (QED) is 0.838. The van der Waals surface area contributed by atoms with Crippen LogP contribution in [-0.4, -0.2) is 4.98 Å². The molecular formula is C10H8Br2N2S. The maximum Gasteiger partial charge on any atom is 0.106 e. The molecule has 2 aromatic heterocycles. The molecule has 15 heavy (non-hydrogen) atoms. The zero-order valence-electron chi connectivity index (χ0n) is 7.71. The molecule has 2 nitrogen and oxygen atoms in total. The summed E-state index contributed by atoms with van der Waals surface area (Å²) in [5.74, 6) is 0. The monoisotopic (exact) mass is 346 g/mol. The molecule has 0 saturated heterocycles. The van der Waals surface area contributed by atoms with Gasteiger partial charge in [0.1, 0.15) is 4.60 Å². The van der Waals surface area contributed by atoms with E-state index in [0.29, 0.717) is 0 Å². The summed E-state index contributed by atoms with van der Waals surface area (Å²) in [4.78, 5) is 4.14. The molecule has 0 atom stereocenters. The number of nitrogens with zero attached hydrogens (tertiary/aromatic N) is 1. The van der Waals surface area contributed by atoms with Crippen LogP contribution in [0, 0.1) is 0 Å². The molecule has 2 rings (SSSR count). The van der Waals surface area contributed by atoms with Gasteiger partial charge in [0.25, 0.3) is 0 Å². The number of halogens is 2. The normalized spacial score (nSPS) is 10.3. The second-order valence-corrected chi connectivity index (χ2v) is 6.09. The Hall–Kier alpha value is -0.390. The average molecular weight is 348 g/mol. The minimum atomic E-state index is 0.825. The largest absolute Gasteiger partial charge is 0.380 e. The Morgan fingerprint density at radius 3 is 2.80 bits per heavy atom. The van der Waals surface area contributed by atoms with Gasteiger partial charge in [-0.1, -0.05) is 0 Å². The first kappa shape index (κ1) is 11.1. The second kappa shape index (κ2) is 5.09. The van der Waals surface area contributed by atoms with Crippen molar-refractivity contribution in [3.05, 3.63) is 43.7 Å². The predicted octanol–water partition coefficient (Wildman–Crippen LogP) is 4.28. The standard InChI is InChI=1S/C10H8Br2N2S/c11-9-2-1-8(5-14-9)13-4-7-3-10(12)15-6-7/h1-3,5-6,13H,4H2. The fourth-order valence-electron chi connectivity index (χ4n) is 1.12. The van der Waals surface area contributed by atoms with Crippen molar-refractivity contribution in [3.8, 4) is 0 Å². The minimum absolute atomic E-state index is 0.825. The second-order valence-electron chi connectivity index (χ2n) is 2.98. The third kappa shape index (κ3) is 3.29. The van der Waals surface area contributed by atoms with E-state index in [1.165, 1.54) is 5.56 Å². The van der Waals surface area contributed by atoms with E-state index < -0.39 is 0 Å². The third-order valence-electron chi connectivity index (χ3n) is 1.85. The number of pyridine rings is 1. The Kier molecular flexibility index (Phi) is 3.77. The van der Waals surface area contributed by atoms with Gasteiger partial charge in [-0.25, -0.2) is 4.98 Å². The van der Waals surface area contributed by atoms with Gasteiger partial charge < -0.3 is 5.32 Å². The number of hydrogen-bond acceptors (Lipinski definition) is 3. The smallest absolute Gasteiger partial charge is 0.106 e. The number of thiophene rings is 1. The topological polar surface area (TPSA) is 24.9 Å². The van der Waals surface area contributed by atoms with Crippen LogP contribution in [0.3, 0.4) is 0 Å². The fraction of sp³-hybridized carbons (Fsp3) is 0.100. The Balaban J connectivity index is 1.96. The summed E-state index contributed by atoms with van der Waals surface area (Å²) in [5, 5.41) is 5.43. The van der Waals surface area contributed by atoms with Crippen molar-refractivity contribution in [3.63, 3.8) is 0 Å². The Labute approximate surface area is 109 Å². The molecule has 0 radical (unpaired) electrons. The maximum atomic E-state index is 4.14. The molecule has 0 bridgehead atoms. The Morgan fingerprint density at radius 1 is 1.33 bits per heavy atom. The first-order valence-corrected chi connectivity index (χ1v) is 6.79. The van der Waals surface area contributed by atoms with Gasteiger partial charge in [-0.3, -0.25) is 0 Å². The van der Waals surface area contributed by atoms with E-state index >= 15 is 0 Å². The van der Waals surface area contributed by atoms with Gasteiger partial charge in [0, 0.05) is 6.54 Å². The van der Waals surface area contributed by atoms with Crippen molar-refractivity contribution in [1.29, 1.82) is 0 Å². The van der Waals surface area contributed by atoms with E-state index in [-0.39, 0.29) is 0 Å². The highest BCUT2D eigenvalue weighted by atomic mass is 79.9. The van der Waals surface area contributed by atoms with Crippen LogP contribution in [0.2, 0.25) is 0 Å². The minimum Gasteiger partial charge on any atom is -0.380 e. The number of rotatable bonds is 3. The van der Waals surface area contributed by atoms with Crippen LogP contribution in [-0.2, 0) is 6.54 Å².